The van der Waals surface area contributed by atoms with E-state index in [0.717, 1.165) is 38.0 Å². The summed E-state index contributed by atoms with van der Waals surface area (Å²) in [4.78, 5) is 2.59. The predicted octanol–water partition coefficient (Wildman–Crippen LogP) is 2.19. The molecule has 0 bridgehead atoms. The molecule has 3 nitrogen and oxygen atoms in total. The summed E-state index contributed by atoms with van der Waals surface area (Å²) < 4.78 is 0. The third-order valence-corrected chi connectivity index (χ3v) is 3.84. The van der Waals surface area contributed by atoms with E-state index in [0.29, 0.717) is 5.41 Å². The molecule has 0 aromatic carbocycles. The predicted molar refractivity (Wildman–Crippen MR) is 84.6 cm³/mol. The summed E-state index contributed by atoms with van der Waals surface area (Å²) in [7, 11) is 0. The fourth-order valence-electron chi connectivity index (χ4n) is 3.23. The lowest BCUT2D eigenvalue weighted by atomic mass is 9.84. The molecule has 0 radical (unpaired) electrons. The first-order valence-corrected chi connectivity index (χ1v) is 8.03. The fourth-order valence-corrected chi connectivity index (χ4v) is 3.23. The molecule has 1 rings (SSSR count). The van der Waals surface area contributed by atoms with Crippen LogP contribution in [0.15, 0.2) is 0 Å². The molecule has 1 unspecified atom stereocenters. The minimum atomic E-state index is 0.420. The molecule has 0 amide bonds. The average molecular weight is 269 g/mol. The van der Waals surface area contributed by atoms with Gasteiger partial charge in [-0.05, 0) is 30.2 Å². The smallest absolute Gasteiger partial charge is 0.0107 e. The van der Waals surface area contributed by atoms with E-state index in [1.165, 1.54) is 26.1 Å². The quantitative estimate of drug-likeness (QED) is 0.707. The highest BCUT2D eigenvalue weighted by Gasteiger charge is 2.19. The Labute approximate surface area is 120 Å². The highest BCUT2D eigenvalue weighted by molar-refractivity contribution is 4.75. The molecule has 0 spiro atoms. The van der Waals surface area contributed by atoms with E-state index in [4.69, 9.17) is 0 Å². The van der Waals surface area contributed by atoms with Crippen LogP contribution < -0.4 is 10.6 Å². The molecule has 0 aromatic heterocycles. The molecule has 19 heavy (non-hydrogen) atoms. The third kappa shape index (κ3) is 7.91. The van der Waals surface area contributed by atoms with Crippen molar-refractivity contribution in [3.05, 3.63) is 0 Å². The van der Waals surface area contributed by atoms with Gasteiger partial charge in [-0.2, -0.15) is 0 Å². The van der Waals surface area contributed by atoms with Crippen molar-refractivity contribution in [2.45, 2.75) is 41.0 Å². The Balaban J connectivity index is 2.13. The van der Waals surface area contributed by atoms with Crippen LogP contribution in [0.1, 0.15) is 41.0 Å². The summed E-state index contributed by atoms with van der Waals surface area (Å²) >= 11 is 0. The normalized spacial score (nSPS) is 19.9. The molecule has 3 heteroatoms. The van der Waals surface area contributed by atoms with Gasteiger partial charge >= 0.3 is 0 Å². The number of hydrogen-bond acceptors (Lipinski definition) is 3. The molecule has 114 valence electrons. The second-order valence-electron chi connectivity index (χ2n) is 7.55. The fraction of sp³-hybridized carbons (Fsp3) is 1.00. The van der Waals surface area contributed by atoms with Crippen LogP contribution in [0.4, 0.5) is 0 Å². The van der Waals surface area contributed by atoms with Gasteiger partial charge in [0.2, 0.25) is 0 Å². The maximum Gasteiger partial charge on any atom is 0.0107 e. The van der Waals surface area contributed by atoms with Gasteiger partial charge in [-0.15, -0.1) is 0 Å². The molecular formula is C16H35N3. The van der Waals surface area contributed by atoms with Crippen molar-refractivity contribution in [2.75, 3.05) is 45.8 Å². The summed E-state index contributed by atoms with van der Waals surface area (Å²) in [5.74, 6) is 1.53. The Morgan fingerprint density at radius 1 is 1.16 bits per heavy atom. The van der Waals surface area contributed by atoms with Crippen LogP contribution in [0.3, 0.4) is 0 Å². The first-order valence-electron chi connectivity index (χ1n) is 8.03. The van der Waals surface area contributed by atoms with Gasteiger partial charge in [-0.3, -0.25) is 0 Å². The molecule has 1 aliphatic rings. The molecular weight excluding hydrogens is 234 g/mol. The first kappa shape index (κ1) is 16.9. The summed E-state index contributed by atoms with van der Waals surface area (Å²) in [6, 6.07) is 0. The lowest BCUT2D eigenvalue weighted by molar-refractivity contribution is 0.203. The molecule has 1 aliphatic heterocycles. The number of piperazine rings is 1. The second-order valence-corrected chi connectivity index (χ2v) is 7.55. The lowest BCUT2D eigenvalue weighted by Gasteiger charge is -2.31. The van der Waals surface area contributed by atoms with E-state index < -0.39 is 0 Å². The SMILES string of the molecule is CC(C)CC(C)(C)CNCC(C)CN1CCNCC1. The second kappa shape index (κ2) is 8.23. The largest absolute Gasteiger partial charge is 0.316 e. The number of nitrogens with zero attached hydrogens (tertiary/aromatic N) is 1. The van der Waals surface area contributed by atoms with E-state index in [9.17, 15) is 0 Å². The molecule has 2 N–H and O–H groups in total. The van der Waals surface area contributed by atoms with E-state index in [1.807, 2.05) is 0 Å². The van der Waals surface area contributed by atoms with E-state index in [2.05, 4.69) is 50.2 Å². The van der Waals surface area contributed by atoms with Crippen molar-refractivity contribution in [1.82, 2.24) is 15.5 Å². The van der Waals surface area contributed by atoms with Crippen LogP contribution in [0.2, 0.25) is 0 Å². The molecule has 0 saturated carbocycles. The third-order valence-electron chi connectivity index (χ3n) is 3.84. The van der Waals surface area contributed by atoms with Gasteiger partial charge in [0.25, 0.3) is 0 Å². The Morgan fingerprint density at radius 3 is 2.37 bits per heavy atom. The molecule has 1 fully saturated rings. The van der Waals surface area contributed by atoms with Crippen LogP contribution in [0.25, 0.3) is 0 Å². The maximum atomic E-state index is 3.68. The minimum absolute atomic E-state index is 0.420. The van der Waals surface area contributed by atoms with E-state index in [1.54, 1.807) is 0 Å². The molecule has 1 atom stereocenters. The lowest BCUT2D eigenvalue weighted by Crippen LogP contribution is -2.46. The Hall–Kier alpha value is -0.120. The molecule has 1 saturated heterocycles. The zero-order valence-corrected chi connectivity index (χ0v) is 13.8. The van der Waals surface area contributed by atoms with Gasteiger partial charge in [0.05, 0.1) is 0 Å². The number of nitrogens with one attached hydrogen (secondary N) is 2. The van der Waals surface area contributed by atoms with Crippen LogP contribution in [0, 0.1) is 17.3 Å². The van der Waals surface area contributed by atoms with Gasteiger partial charge in [-0.25, -0.2) is 0 Å². The summed E-state index contributed by atoms with van der Waals surface area (Å²) in [5, 5.41) is 7.09. The zero-order valence-electron chi connectivity index (χ0n) is 13.8. The molecule has 0 aromatic rings. The molecule has 0 aliphatic carbocycles. The maximum absolute atomic E-state index is 3.68. The van der Waals surface area contributed by atoms with Crippen molar-refractivity contribution in [1.29, 1.82) is 0 Å². The minimum Gasteiger partial charge on any atom is -0.316 e. The van der Waals surface area contributed by atoms with Crippen molar-refractivity contribution in [3.63, 3.8) is 0 Å². The van der Waals surface area contributed by atoms with Crippen molar-refractivity contribution in [3.8, 4) is 0 Å². The highest BCUT2D eigenvalue weighted by atomic mass is 15.2. The van der Waals surface area contributed by atoms with Crippen molar-refractivity contribution in [2.24, 2.45) is 17.3 Å². The zero-order chi connectivity index (χ0) is 14.3. The van der Waals surface area contributed by atoms with E-state index >= 15 is 0 Å². The van der Waals surface area contributed by atoms with Crippen LogP contribution >= 0.6 is 0 Å². The summed E-state index contributed by atoms with van der Waals surface area (Å²) in [6.45, 7) is 20.0. The van der Waals surface area contributed by atoms with Gasteiger partial charge in [0.15, 0.2) is 0 Å². The Kier molecular flexibility index (Phi) is 7.33. The average Bonchev–Trinajstić information content (AvgIpc) is 2.28. The monoisotopic (exact) mass is 269 g/mol. The number of hydrogen-bond donors (Lipinski definition) is 2. The van der Waals surface area contributed by atoms with Gasteiger partial charge < -0.3 is 15.5 Å². The van der Waals surface area contributed by atoms with Gasteiger partial charge in [0.1, 0.15) is 0 Å². The summed E-state index contributed by atoms with van der Waals surface area (Å²) in [6.07, 6.45) is 1.30. The Bertz CT molecular complexity index is 232. The highest BCUT2D eigenvalue weighted by Crippen LogP contribution is 2.24. The van der Waals surface area contributed by atoms with Crippen LogP contribution in [-0.4, -0.2) is 50.7 Å². The van der Waals surface area contributed by atoms with E-state index in [-0.39, 0.29) is 0 Å². The Morgan fingerprint density at radius 2 is 1.79 bits per heavy atom. The van der Waals surface area contributed by atoms with Crippen LogP contribution in [0.5, 0.6) is 0 Å². The molecule has 1 heterocycles. The van der Waals surface area contributed by atoms with Gasteiger partial charge in [0, 0.05) is 39.3 Å². The van der Waals surface area contributed by atoms with Crippen molar-refractivity contribution < 1.29 is 0 Å². The standard InChI is InChI=1S/C16H35N3/c1-14(2)10-16(4,5)13-18-11-15(3)12-19-8-6-17-7-9-19/h14-15,17-18H,6-13H2,1-5H3. The van der Waals surface area contributed by atoms with Crippen LogP contribution in [-0.2, 0) is 0 Å². The van der Waals surface area contributed by atoms with Crippen molar-refractivity contribution >= 4 is 0 Å². The van der Waals surface area contributed by atoms with Gasteiger partial charge in [-0.1, -0.05) is 34.6 Å². The topological polar surface area (TPSA) is 27.3 Å². The number of rotatable bonds is 8. The summed E-state index contributed by atoms with van der Waals surface area (Å²) in [5.41, 5.74) is 0.420. The first-order chi connectivity index (χ1) is 8.89.